The number of amides is 1. The van der Waals surface area contributed by atoms with Crippen LogP contribution in [0.25, 0.3) is 0 Å². The Morgan fingerprint density at radius 2 is 1.88 bits per heavy atom. The second-order valence-corrected chi connectivity index (χ2v) is 5.83. The number of hydrogen-bond donors (Lipinski definition) is 0. The lowest BCUT2D eigenvalue weighted by molar-refractivity contribution is 0.0790. The standard InChI is InChI=1S/C20H19FN2O3/c1-23(12-11-15-5-3-2-4-6-15)20(24)18-13-26-19(22-18)14-25-17-9-7-16(21)8-10-17/h2-10,13H,11-12,14H2,1H3. The molecule has 0 saturated heterocycles. The average Bonchev–Trinajstić information content (AvgIpc) is 3.15. The van der Waals surface area contributed by atoms with Crippen LogP contribution in [-0.4, -0.2) is 29.4 Å². The Labute approximate surface area is 151 Å². The molecule has 0 fully saturated rings. The Kier molecular flexibility index (Phi) is 5.63. The summed E-state index contributed by atoms with van der Waals surface area (Å²) < 4.78 is 23.6. The van der Waals surface area contributed by atoms with E-state index in [4.69, 9.17) is 9.15 Å². The highest BCUT2D eigenvalue weighted by atomic mass is 19.1. The molecule has 0 bridgehead atoms. The normalized spacial score (nSPS) is 10.5. The predicted molar refractivity (Wildman–Crippen MR) is 94.3 cm³/mol. The Hall–Kier alpha value is -3.15. The molecule has 3 aromatic rings. The lowest BCUT2D eigenvalue weighted by atomic mass is 10.1. The molecular weight excluding hydrogens is 335 g/mol. The summed E-state index contributed by atoms with van der Waals surface area (Å²) in [6, 6.07) is 15.6. The van der Waals surface area contributed by atoms with Gasteiger partial charge in [-0.15, -0.1) is 0 Å². The highest BCUT2D eigenvalue weighted by Gasteiger charge is 2.16. The summed E-state index contributed by atoms with van der Waals surface area (Å²) in [5.41, 5.74) is 1.40. The first-order chi connectivity index (χ1) is 12.6. The van der Waals surface area contributed by atoms with Gasteiger partial charge in [-0.3, -0.25) is 4.79 Å². The largest absolute Gasteiger partial charge is 0.484 e. The number of carbonyl (C=O) groups is 1. The maximum Gasteiger partial charge on any atom is 0.275 e. The van der Waals surface area contributed by atoms with Crippen molar-refractivity contribution in [3.63, 3.8) is 0 Å². The monoisotopic (exact) mass is 354 g/mol. The minimum Gasteiger partial charge on any atom is -0.484 e. The zero-order valence-corrected chi connectivity index (χ0v) is 14.4. The van der Waals surface area contributed by atoms with Crippen molar-refractivity contribution in [3.05, 3.63) is 83.8 Å². The molecule has 0 atom stereocenters. The van der Waals surface area contributed by atoms with Gasteiger partial charge in [-0.1, -0.05) is 30.3 Å². The van der Waals surface area contributed by atoms with Gasteiger partial charge in [-0.2, -0.15) is 0 Å². The molecule has 0 radical (unpaired) electrons. The van der Waals surface area contributed by atoms with Crippen LogP contribution < -0.4 is 4.74 Å². The van der Waals surface area contributed by atoms with Gasteiger partial charge in [0.05, 0.1) is 0 Å². The van der Waals surface area contributed by atoms with E-state index in [-0.39, 0.29) is 29.9 Å². The highest BCUT2D eigenvalue weighted by molar-refractivity contribution is 5.91. The van der Waals surface area contributed by atoms with Crippen LogP contribution in [-0.2, 0) is 13.0 Å². The van der Waals surface area contributed by atoms with Gasteiger partial charge in [0, 0.05) is 13.6 Å². The summed E-state index contributed by atoms with van der Waals surface area (Å²) in [4.78, 5) is 18.2. The topological polar surface area (TPSA) is 55.6 Å². The predicted octanol–water partition coefficient (Wildman–Crippen LogP) is 3.71. The molecule has 3 rings (SSSR count). The molecule has 5 nitrogen and oxygen atoms in total. The van der Waals surface area contributed by atoms with Crippen molar-refractivity contribution >= 4 is 5.91 Å². The summed E-state index contributed by atoms with van der Waals surface area (Å²) in [6.07, 6.45) is 2.09. The van der Waals surface area contributed by atoms with Gasteiger partial charge < -0.3 is 14.1 Å². The van der Waals surface area contributed by atoms with Crippen LogP contribution in [0.3, 0.4) is 0 Å². The van der Waals surface area contributed by atoms with Crippen LogP contribution in [0.15, 0.2) is 65.3 Å². The highest BCUT2D eigenvalue weighted by Crippen LogP contribution is 2.14. The Morgan fingerprint density at radius 3 is 2.62 bits per heavy atom. The first-order valence-electron chi connectivity index (χ1n) is 8.24. The number of ether oxygens (including phenoxy) is 1. The number of benzene rings is 2. The number of rotatable bonds is 7. The maximum atomic E-state index is 12.9. The van der Waals surface area contributed by atoms with Gasteiger partial charge in [-0.25, -0.2) is 9.37 Å². The second kappa shape index (κ2) is 8.29. The maximum absolute atomic E-state index is 12.9. The molecule has 2 aromatic carbocycles. The van der Waals surface area contributed by atoms with Crippen LogP contribution in [0.1, 0.15) is 21.9 Å². The molecule has 0 aliphatic carbocycles. The van der Waals surface area contributed by atoms with Crippen LogP contribution in [0.5, 0.6) is 5.75 Å². The van der Waals surface area contributed by atoms with E-state index in [1.54, 1.807) is 11.9 Å². The minimum atomic E-state index is -0.333. The first kappa shape index (κ1) is 17.7. The van der Waals surface area contributed by atoms with E-state index in [0.717, 1.165) is 6.42 Å². The molecule has 0 N–H and O–H groups in total. The van der Waals surface area contributed by atoms with Crippen molar-refractivity contribution in [1.29, 1.82) is 0 Å². The lowest BCUT2D eigenvalue weighted by Gasteiger charge is -2.15. The SMILES string of the molecule is CN(CCc1ccccc1)C(=O)c1coc(COc2ccc(F)cc2)n1. The van der Waals surface area contributed by atoms with Gasteiger partial charge in [0.2, 0.25) is 5.89 Å². The fourth-order valence-electron chi connectivity index (χ4n) is 2.39. The molecule has 134 valence electrons. The van der Waals surface area contributed by atoms with Crippen molar-refractivity contribution < 1.29 is 18.3 Å². The number of oxazole rings is 1. The van der Waals surface area contributed by atoms with Gasteiger partial charge in [-0.05, 0) is 36.2 Å². The number of nitrogens with zero attached hydrogens (tertiary/aromatic N) is 2. The van der Waals surface area contributed by atoms with Crippen molar-refractivity contribution in [2.45, 2.75) is 13.0 Å². The number of halogens is 1. The molecule has 6 heteroatoms. The molecule has 1 aromatic heterocycles. The number of aromatic nitrogens is 1. The molecule has 1 heterocycles. The lowest BCUT2D eigenvalue weighted by Crippen LogP contribution is -2.29. The Bertz CT molecular complexity index is 847. The summed E-state index contributed by atoms with van der Waals surface area (Å²) >= 11 is 0. The molecule has 0 unspecified atom stereocenters. The van der Waals surface area contributed by atoms with Gasteiger partial charge in [0.25, 0.3) is 5.91 Å². The van der Waals surface area contributed by atoms with E-state index in [2.05, 4.69) is 4.98 Å². The van der Waals surface area contributed by atoms with E-state index in [0.29, 0.717) is 12.3 Å². The third kappa shape index (κ3) is 4.69. The average molecular weight is 354 g/mol. The van der Waals surface area contributed by atoms with Crippen LogP contribution in [0.2, 0.25) is 0 Å². The van der Waals surface area contributed by atoms with Crippen LogP contribution in [0, 0.1) is 5.82 Å². The molecule has 0 aliphatic rings. The smallest absolute Gasteiger partial charge is 0.275 e. The Morgan fingerprint density at radius 1 is 1.15 bits per heavy atom. The second-order valence-electron chi connectivity index (χ2n) is 5.83. The van der Waals surface area contributed by atoms with Crippen LogP contribution in [0.4, 0.5) is 4.39 Å². The summed E-state index contributed by atoms with van der Waals surface area (Å²) in [5.74, 6) is 0.240. The van der Waals surface area contributed by atoms with Crippen LogP contribution >= 0.6 is 0 Å². The molecule has 1 amide bonds. The number of hydrogen-bond acceptors (Lipinski definition) is 4. The number of carbonyl (C=O) groups excluding carboxylic acids is 1. The van der Waals surface area contributed by atoms with E-state index in [1.807, 2.05) is 30.3 Å². The van der Waals surface area contributed by atoms with E-state index in [1.165, 1.54) is 36.1 Å². The number of likely N-dealkylation sites (N-methyl/N-ethyl adjacent to an activating group) is 1. The van der Waals surface area contributed by atoms with E-state index < -0.39 is 0 Å². The van der Waals surface area contributed by atoms with Crippen molar-refractivity contribution in [2.75, 3.05) is 13.6 Å². The van der Waals surface area contributed by atoms with E-state index in [9.17, 15) is 9.18 Å². The molecule has 0 saturated carbocycles. The van der Waals surface area contributed by atoms with Crippen molar-refractivity contribution in [3.8, 4) is 5.75 Å². The minimum absolute atomic E-state index is 0.0621. The van der Waals surface area contributed by atoms with Gasteiger partial charge in [0.15, 0.2) is 12.3 Å². The summed E-state index contributed by atoms with van der Waals surface area (Å²) in [6.45, 7) is 0.643. The fraction of sp³-hybridized carbons (Fsp3) is 0.200. The zero-order chi connectivity index (χ0) is 18.4. The summed E-state index contributed by atoms with van der Waals surface area (Å²) in [5, 5.41) is 0. The Balaban J connectivity index is 1.52. The zero-order valence-electron chi connectivity index (χ0n) is 14.4. The fourth-order valence-corrected chi connectivity index (χ4v) is 2.39. The molecular formula is C20H19FN2O3. The molecule has 0 spiro atoms. The quantitative estimate of drug-likeness (QED) is 0.649. The van der Waals surface area contributed by atoms with Crippen molar-refractivity contribution in [1.82, 2.24) is 9.88 Å². The molecule has 26 heavy (non-hydrogen) atoms. The van der Waals surface area contributed by atoms with Crippen molar-refractivity contribution in [2.24, 2.45) is 0 Å². The van der Waals surface area contributed by atoms with E-state index >= 15 is 0 Å². The molecule has 0 aliphatic heterocycles. The van der Waals surface area contributed by atoms with Gasteiger partial charge in [0.1, 0.15) is 17.8 Å². The van der Waals surface area contributed by atoms with Gasteiger partial charge >= 0.3 is 0 Å². The summed E-state index contributed by atoms with van der Waals surface area (Å²) in [7, 11) is 1.73. The first-order valence-corrected chi connectivity index (χ1v) is 8.24. The third-order valence-electron chi connectivity index (χ3n) is 3.87. The third-order valence-corrected chi connectivity index (χ3v) is 3.87.